The Balaban J connectivity index is 1.30. The molecule has 35 heavy (non-hydrogen) atoms. The maximum Gasteiger partial charge on any atom is 0.181 e. The first kappa shape index (κ1) is 25.5. The zero-order valence-electron chi connectivity index (χ0n) is 21.5. The van der Waals surface area contributed by atoms with Crippen molar-refractivity contribution >= 4 is 28.2 Å². The van der Waals surface area contributed by atoms with Crippen molar-refractivity contribution in [1.82, 2.24) is 9.88 Å². The average molecular weight is 493 g/mol. The van der Waals surface area contributed by atoms with Gasteiger partial charge in [0, 0.05) is 48.4 Å². The van der Waals surface area contributed by atoms with E-state index in [1.54, 1.807) is 0 Å². The molecule has 186 valence electrons. The molecule has 2 saturated heterocycles. The Hall–Kier alpha value is -2.63. The van der Waals surface area contributed by atoms with Crippen molar-refractivity contribution in [1.29, 1.82) is 5.26 Å². The van der Waals surface area contributed by atoms with Gasteiger partial charge >= 0.3 is 0 Å². The summed E-state index contributed by atoms with van der Waals surface area (Å²) < 4.78 is 5.42. The fourth-order valence-electron chi connectivity index (χ4n) is 5.23. The van der Waals surface area contributed by atoms with Crippen LogP contribution in [0.2, 0.25) is 0 Å². The number of anilines is 1. The first-order valence-corrected chi connectivity index (χ1v) is 13.4. The highest BCUT2D eigenvalue weighted by Crippen LogP contribution is 2.44. The van der Waals surface area contributed by atoms with Crippen molar-refractivity contribution < 1.29 is 4.42 Å². The van der Waals surface area contributed by atoms with E-state index in [1.165, 1.54) is 18.5 Å². The molecule has 2 fully saturated rings. The van der Waals surface area contributed by atoms with Gasteiger partial charge in [-0.05, 0) is 51.4 Å². The predicted molar refractivity (Wildman–Crippen MR) is 144 cm³/mol. The topological polar surface area (TPSA) is 81.0 Å². The molecule has 2 aromatic rings. The lowest BCUT2D eigenvalue weighted by atomic mass is 9.85. The number of aromatic nitrogens is 1. The van der Waals surface area contributed by atoms with Crippen LogP contribution in [0.3, 0.4) is 0 Å². The first-order chi connectivity index (χ1) is 16.8. The maximum absolute atomic E-state index is 9.29. The van der Waals surface area contributed by atoms with E-state index >= 15 is 0 Å². The molecule has 0 aliphatic carbocycles. The number of benzene rings is 1. The van der Waals surface area contributed by atoms with Gasteiger partial charge in [0.1, 0.15) is 5.71 Å². The van der Waals surface area contributed by atoms with E-state index in [0.717, 1.165) is 60.4 Å². The Morgan fingerprint density at radius 2 is 2.20 bits per heavy atom. The molecular formula is C27H36N6OS. The van der Waals surface area contributed by atoms with Crippen molar-refractivity contribution in [2.75, 3.05) is 36.8 Å². The van der Waals surface area contributed by atoms with Gasteiger partial charge in [0.2, 0.25) is 0 Å². The molecule has 2 aliphatic rings. The number of hydrogen-bond acceptors (Lipinski definition) is 8. The van der Waals surface area contributed by atoms with Gasteiger partial charge < -0.3 is 14.2 Å². The fourth-order valence-corrected chi connectivity index (χ4v) is 6.14. The molecule has 0 spiro atoms. The van der Waals surface area contributed by atoms with Crippen LogP contribution >= 0.6 is 11.8 Å². The molecule has 0 bridgehead atoms. The summed E-state index contributed by atoms with van der Waals surface area (Å²) in [6, 6.07) is 10.8. The fraction of sp³-hybridized carbons (Fsp3) is 0.556. The number of fused-ring (bicyclic) bond motifs is 1. The van der Waals surface area contributed by atoms with Crippen LogP contribution in [0.5, 0.6) is 0 Å². The van der Waals surface area contributed by atoms with E-state index in [9.17, 15) is 5.26 Å². The minimum absolute atomic E-state index is 0.311. The number of hydrogen-bond donors (Lipinski definition) is 0. The summed E-state index contributed by atoms with van der Waals surface area (Å²) in [6.45, 7) is 15.0. The van der Waals surface area contributed by atoms with Crippen LogP contribution in [0, 0.1) is 29.6 Å². The van der Waals surface area contributed by atoms with Crippen LogP contribution in [-0.4, -0.2) is 58.6 Å². The van der Waals surface area contributed by atoms with Gasteiger partial charge in [-0.2, -0.15) is 10.4 Å². The molecule has 1 aromatic carbocycles. The highest BCUT2D eigenvalue weighted by molar-refractivity contribution is 8.13. The molecule has 8 heteroatoms. The van der Waals surface area contributed by atoms with Crippen molar-refractivity contribution in [3.8, 4) is 6.07 Å². The van der Waals surface area contributed by atoms with Gasteiger partial charge in [-0.3, -0.25) is 0 Å². The molecule has 4 rings (SSSR count). The number of oxazole rings is 1. The SMILES string of the molecule is C/C(=N\N=C(\SCCCN1CC2N(c3cccc(C#N)c3)CCC2(C)C1)C(C)C)c1ocnc1C. The molecule has 0 amide bonds. The normalized spacial score (nSPS) is 23.2. The van der Waals surface area contributed by atoms with Gasteiger partial charge in [0.05, 0.1) is 22.4 Å². The molecular weight excluding hydrogens is 456 g/mol. The van der Waals surface area contributed by atoms with Crippen LogP contribution in [0.25, 0.3) is 0 Å². The maximum atomic E-state index is 9.29. The Morgan fingerprint density at radius 1 is 1.37 bits per heavy atom. The highest BCUT2D eigenvalue weighted by Gasteiger charge is 2.49. The molecule has 1 aromatic heterocycles. The summed E-state index contributed by atoms with van der Waals surface area (Å²) in [5.74, 6) is 2.05. The third-order valence-corrected chi connectivity index (χ3v) is 8.50. The lowest BCUT2D eigenvalue weighted by molar-refractivity contribution is 0.276. The van der Waals surface area contributed by atoms with Crippen molar-refractivity contribution in [3.05, 3.63) is 47.7 Å². The monoisotopic (exact) mass is 492 g/mol. The zero-order chi connectivity index (χ0) is 25.0. The second kappa shape index (κ2) is 11.0. The van der Waals surface area contributed by atoms with Crippen LogP contribution in [-0.2, 0) is 0 Å². The molecule has 7 nitrogen and oxygen atoms in total. The summed E-state index contributed by atoms with van der Waals surface area (Å²) >= 11 is 1.81. The third kappa shape index (κ3) is 5.79. The van der Waals surface area contributed by atoms with E-state index in [4.69, 9.17) is 4.42 Å². The minimum atomic E-state index is 0.311. The van der Waals surface area contributed by atoms with Crippen LogP contribution in [0.1, 0.15) is 57.6 Å². The van der Waals surface area contributed by atoms with E-state index in [1.807, 2.05) is 43.8 Å². The molecule has 0 N–H and O–H groups in total. The lowest BCUT2D eigenvalue weighted by Crippen LogP contribution is -2.37. The lowest BCUT2D eigenvalue weighted by Gasteiger charge is -2.29. The summed E-state index contributed by atoms with van der Waals surface area (Å²) in [5.41, 5.74) is 3.82. The smallest absolute Gasteiger partial charge is 0.181 e. The quantitative estimate of drug-likeness (QED) is 0.214. The minimum Gasteiger partial charge on any atom is -0.442 e. The number of rotatable bonds is 8. The largest absolute Gasteiger partial charge is 0.442 e. The summed E-state index contributed by atoms with van der Waals surface area (Å²) in [5, 5.41) is 19.3. The van der Waals surface area contributed by atoms with Crippen LogP contribution < -0.4 is 4.90 Å². The number of aryl methyl sites for hydroxylation is 1. The summed E-state index contributed by atoms with van der Waals surface area (Å²) in [4.78, 5) is 9.27. The van der Waals surface area contributed by atoms with Crippen molar-refractivity contribution in [3.63, 3.8) is 0 Å². The molecule has 2 aliphatic heterocycles. The molecule has 2 atom stereocenters. The van der Waals surface area contributed by atoms with Gasteiger partial charge in [-0.25, -0.2) is 4.98 Å². The van der Waals surface area contributed by atoms with Gasteiger partial charge in [-0.15, -0.1) is 16.9 Å². The highest BCUT2D eigenvalue weighted by atomic mass is 32.2. The van der Waals surface area contributed by atoms with Gasteiger partial charge in [0.25, 0.3) is 0 Å². The second-order valence-electron chi connectivity index (χ2n) is 10.3. The molecule has 0 saturated carbocycles. The Labute approximate surface area is 213 Å². The summed E-state index contributed by atoms with van der Waals surface area (Å²) in [7, 11) is 0. The number of likely N-dealkylation sites (tertiary alicyclic amines) is 1. The first-order valence-electron chi connectivity index (χ1n) is 12.5. The summed E-state index contributed by atoms with van der Waals surface area (Å²) in [6.07, 6.45) is 3.76. The molecule has 0 radical (unpaired) electrons. The number of thioether (sulfide) groups is 1. The van der Waals surface area contributed by atoms with Gasteiger partial charge in [0.15, 0.2) is 12.2 Å². The molecule has 3 heterocycles. The predicted octanol–water partition coefficient (Wildman–Crippen LogP) is 5.36. The van der Waals surface area contributed by atoms with E-state index < -0.39 is 0 Å². The van der Waals surface area contributed by atoms with E-state index in [0.29, 0.717) is 23.1 Å². The van der Waals surface area contributed by atoms with Crippen LogP contribution in [0.15, 0.2) is 45.3 Å². The van der Waals surface area contributed by atoms with Crippen LogP contribution in [0.4, 0.5) is 5.69 Å². The number of nitrogens with zero attached hydrogens (tertiary/aromatic N) is 6. The van der Waals surface area contributed by atoms with E-state index in [-0.39, 0.29) is 0 Å². The zero-order valence-corrected chi connectivity index (χ0v) is 22.3. The van der Waals surface area contributed by atoms with Crippen molar-refractivity contribution in [2.45, 2.75) is 53.5 Å². The Morgan fingerprint density at radius 3 is 2.91 bits per heavy atom. The number of nitriles is 1. The second-order valence-corrected chi connectivity index (χ2v) is 11.4. The Bertz CT molecular complexity index is 1130. The molecule has 2 unspecified atom stereocenters. The average Bonchev–Trinajstić information content (AvgIpc) is 3.50. The van der Waals surface area contributed by atoms with Crippen molar-refractivity contribution in [2.24, 2.45) is 21.5 Å². The van der Waals surface area contributed by atoms with Gasteiger partial charge in [-0.1, -0.05) is 26.8 Å². The van der Waals surface area contributed by atoms with E-state index in [2.05, 4.69) is 57.9 Å². The Kier molecular flexibility index (Phi) is 7.98. The third-order valence-electron chi connectivity index (χ3n) is 7.16. The standard InChI is InChI=1S/C27H36N6OS/c1-19(2)26(31-30-21(4)25-20(3)29-18-34-25)35-13-7-11-32-16-24-27(5,17-32)10-12-33(24)23-9-6-8-22(14-23)15-28/h6,8-9,14,18-19,24H,7,10-13,16-17H2,1-5H3/b30-21+,31-26+.